The lowest BCUT2D eigenvalue weighted by Gasteiger charge is -2.24. The quantitative estimate of drug-likeness (QED) is 0.534. The molecule has 0 aliphatic rings. The summed E-state index contributed by atoms with van der Waals surface area (Å²) in [5, 5.41) is 18.9. The van der Waals surface area contributed by atoms with Crippen LogP contribution in [0.1, 0.15) is 33.6 Å². The Kier molecular flexibility index (Phi) is 5.61. The summed E-state index contributed by atoms with van der Waals surface area (Å²) < 4.78 is 0. The highest BCUT2D eigenvalue weighted by molar-refractivity contribution is 6.18. The molecule has 0 aliphatic carbocycles. The van der Waals surface area contributed by atoms with E-state index in [2.05, 4.69) is 0 Å². The molecule has 2 nitrogen and oxygen atoms in total. The van der Waals surface area contributed by atoms with E-state index in [0.29, 0.717) is 12.3 Å². The SMILES string of the molecule is C/C(=C\CCl)CCC(O)C(C)(C)O. The van der Waals surface area contributed by atoms with Gasteiger partial charge in [-0.25, -0.2) is 0 Å². The van der Waals surface area contributed by atoms with Crippen molar-refractivity contribution in [1.29, 1.82) is 0 Å². The number of aliphatic hydroxyl groups is 2. The highest BCUT2D eigenvalue weighted by Gasteiger charge is 2.23. The first kappa shape index (κ1) is 12.9. The minimum absolute atomic E-state index is 0.504. The number of hydrogen-bond donors (Lipinski definition) is 2. The van der Waals surface area contributed by atoms with Crippen LogP contribution in [0.25, 0.3) is 0 Å². The average molecular weight is 207 g/mol. The van der Waals surface area contributed by atoms with Gasteiger partial charge in [-0.05, 0) is 33.6 Å². The van der Waals surface area contributed by atoms with E-state index in [-0.39, 0.29) is 0 Å². The monoisotopic (exact) mass is 206 g/mol. The van der Waals surface area contributed by atoms with Crippen LogP contribution in [0, 0.1) is 0 Å². The maximum Gasteiger partial charge on any atom is 0.0849 e. The van der Waals surface area contributed by atoms with Gasteiger partial charge in [0.2, 0.25) is 0 Å². The van der Waals surface area contributed by atoms with Crippen molar-refractivity contribution in [1.82, 2.24) is 0 Å². The van der Waals surface area contributed by atoms with Crippen molar-refractivity contribution in [2.24, 2.45) is 0 Å². The molecule has 0 saturated carbocycles. The van der Waals surface area contributed by atoms with Crippen molar-refractivity contribution >= 4 is 11.6 Å². The Hall–Kier alpha value is -0.0500. The van der Waals surface area contributed by atoms with Gasteiger partial charge >= 0.3 is 0 Å². The van der Waals surface area contributed by atoms with Crippen molar-refractivity contribution in [2.75, 3.05) is 5.88 Å². The van der Waals surface area contributed by atoms with Crippen molar-refractivity contribution in [3.8, 4) is 0 Å². The number of rotatable bonds is 5. The Morgan fingerprint density at radius 2 is 2.08 bits per heavy atom. The summed E-state index contributed by atoms with van der Waals surface area (Å²) in [6, 6.07) is 0. The molecular formula is C10H19ClO2. The van der Waals surface area contributed by atoms with E-state index in [1.807, 2.05) is 13.0 Å². The molecule has 0 fully saturated rings. The van der Waals surface area contributed by atoms with Crippen LogP contribution in [0.5, 0.6) is 0 Å². The highest BCUT2D eigenvalue weighted by atomic mass is 35.5. The molecule has 13 heavy (non-hydrogen) atoms. The lowest BCUT2D eigenvalue weighted by molar-refractivity contribution is -0.0509. The molecule has 78 valence electrons. The van der Waals surface area contributed by atoms with Gasteiger partial charge < -0.3 is 10.2 Å². The molecule has 0 rings (SSSR count). The van der Waals surface area contributed by atoms with Crippen LogP contribution in [-0.2, 0) is 0 Å². The Bertz CT molecular complexity index is 170. The minimum atomic E-state index is -1.01. The van der Waals surface area contributed by atoms with Gasteiger partial charge in [0.1, 0.15) is 0 Å². The standard InChI is InChI=1S/C10H19ClO2/c1-8(6-7-11)4-5-9(12)10(2,3)13/h6,9,12-13H,4-5,7H2,1-3H3/b8-6+. The first-order valence-corrected chi connectivity index (χ1v) is 5.03. The van der Waals surface area contributed by atoms with E-state index in [4.69, 9.17) is 11.6 Å². The molecule has 2 N–H and O–H groups in total. The summed E-state index contributed by atoms with van der Waals surface area (Å²) in [6.45, 7) is 5.19. The predicted octanol–water partition coefficient (Wildman–Crippen LogP) is 2.08. The molecule has 0 aromatic heterocycles. The Morgan fingerprint density at radius 1 is 1.54 bits per heavy atom. The lowest BCUT2D eigenvalue weighted by atomic mass is 9.96. The van der Waals surface area contributed by atoms with Crippen molar-refractivity contribution in [2.45, 2.75) is 45.3 Å². The van der Waals surface area contributed by atoms with Gasteiger partial charge in [0.25, 0.3) is 0 Å². The van der Waals surface area contributed by atoms with E-state index in [9.17, 15) is 10.2 Å². The summed E-state index contributed by atoms with van der Waals surface area (Å²) in [5.74, 6) is 0.504. The number of alkyl halides is 1. The lowest BCUT2D eigenvalue weighted by Crippen LogP contribution is -2.35. The fourth-order valence-corrected chi connectivity index (χ4v) is 1.21. The third kappa shape index (κ3) is 6.08. The van der Waals surface area contributed by atoms with Crippen LogP contribution in [-0.4, -0.2) is 27.8 Å². The topological polar surface area (TPSA) is 40.5 Å². The predicted molar refractivity (Wildman–Crippen MR) is 56.0 cm³/mol. The molecule has 1 atom stereocenters. The molecule has 0 amide bonds. The molecule has 0 heterocycles. The second-order valence-electron chi connectivity index (χ2n) is 3.91. The molecule has 0 spiro atoms. The molecule has 0 saturated heterocycles. The molecule has 3 heteroatoms. The van der Waals surface area contributed by atoms with Gasteiger partial charge in [0.05, 0.1) is 11.7 Å². The Labute approximate surface area is 85.2 Å². The number of hydrogen-bond acceptors (Lipinski definition) is 2. The first-order valence-electron chi connectivity index (χ1n) is 4.50. The Morgan fingerprint density at radius 3 is 2.46 bits per heavy atom. The third-order valence-electron chi connectivity index (χ3n) is 2.05. The minimum Gasteiger partial charge on any atom is -0.390 e. The molecule has 0 bridgehead atoms. The maximum absolute atomic E-state index is 9.49. The van der Waals surface area contributed by atoms with Crippen LogP contribution in [0.2, 0.25) is 0 Å². The fraction of sp³-hybridized carbons (Fsp3) is 0.800. The van der Waals surface area contributed by atoms with Crippen molar-refractivity contribution < 1.29 is 10.2 Å². The first-order chi connectivity index (χ1) is 5.88. The van der Waals surface area contributed by atoms with Gasteiger partial charge in [-0.3, -0.25) is 0 Å². The number of allylic oxidation sites excluding steroid dienone is 2. The van der Waals surface area contributed by atoms with Crippen LogP contribution in [0.4, 0.5) is 0 Å². The Balaban J connectivity index is 3.83. The van der Waals surface area contributed by atoms with Gasteiger partial charge in [0.15, 0.2) is 0 Å². The molecule has 1 unspecified atom stereocenters. The van der Waals surface area contributed by atoms with Gasteiger partial charge in [-0.2, -0.15) is 0 Å². The average Bonchev–Trinajstić information content (AvgIpc) is 1.99. The zero-order valence-electron chi connectivity index (χ0n) is 8.55. The van der Waals surface area contributed by atoms with Gasteiger partial charge in [-0.15, -0.1) is 11.6 Å². The molecule has 0 aromatic rings. The largest absolute Gasteiger partial charge is 0.390 e. The third-order valence-corrected chi connectivity index (χ3v) is 2.21. The number of halogens is 1. The van der Waals surface area contributed by atoms with Crippen molar-refractivity contribution in [3.05, 3.63) is 11.6 Å². The van der Waals surface area contributed by atoms with Crippen molar-refractivity contribution in [3.63, 3.8) is 0 Å². The van der Waals surface area contributed by atoms with Crippen LogP contribution in [0.15, 0.2) is 11.6 Å². The van der Waals surface area contributed by atoms with E-state index < -0.39 is 11.7 Å². The maximum atomic E-state index is 9.49. The van der Waals surface area contributed by atoms with E-state index in [0.717, 1.165) is 12.0 Å². The number of aliphatic hydroxyl groups excluding tert-OH is 1. The molecule has 0 radical (unpaired) electrons. The normalized spacial score (nSPS) is 16.0. The molecular weight excluding hydrogens is 188 g/mol. The van der Waals surface area contributed by atoms with E-state index in [1.165, 1.54) is 0 Å². The van der Waals surface area contributed by atoms with E-state index >= 15 is 0 Å². The second-order valence-corrected chi connectivity index (χ2v) is 4.22. The highest BCUT2D eigenvalue weighted by Crippen LogP contribution is 2.16. The zero-order chi connectivity index (χ0) is 10.5. The summed E-state index contributed by atoms with van der Waals surface area (Å²) in [7, 11) is 0. The molecule has 0 aliphatic heterocycles. The van der Waals surface area contributed by atoms with Crippen LogP contribution >= 0.6 is 11.6 Å². The zero-order valence-corrected chi connectivity index (χ0v) is 9.30. The fourth-order valence-electron chi connectivity index (χ4n) is 0.951. The van der Waals surface area contributed by atoms with Gasteiger partial charge in [-0.1, -0.05) is 11.6 Å². The summed E-state index contributed by atoms with van der Waals surface area (Å²) in [6.07, 6.45) is 2.59. The smallest absolute Gasteiger partial charge is 0.0849 e. The van der Waals surface area contributed by atoms with Crippen LogP contribution in [0.3, 0.4) is 0 Å². The summed E-state index contributed by atoms with van der Waals surface area (Å²) >= 11 is 5.51. The summed E-state index contributed by atoms with van der Waals surface area (Å²) in [4.78, 5) is 0. The molecule has 0 aromatic carbocycles. The second kappa shape index (κ2) is 5.63. The summed E-state index contributed by atoms with van der Waals surface area (Å²) in [5.41, 5.74) is 0.139. The van der Waals surface area contributed by atoms with Gasteiger partial charge in [0, 0.05) is 5.88 Å². The van der Waals surface area contributed by atoms with E-state index in [1.54, 1.807) is 13.8 Å². The van der Waals surface area contributed by atoms with Crippen LogP contribution < -0.4 is 0 Å².